The van der Waals surface area contributed by atoms with E-state index in [1.54, 1.807) is 24.3 Å². The van der Waals surface area contributed by atoms with Crippen LogP contribution >= 0.6 is 0 Å². The van der Waals surface area contributed by atoms with E-state index in [1.807, 2.05) is 6.92 Å². The van der Waals surface area contributed by atoms with Gasteiger partial charge in [-0.1, -0.05) is 6.58 Å². The van der Waals surface area contributed by atoms with Gasteiger partial charge in [0.15, 0.2) is 0 Å². The van der Waals surface area contributed by atoms with Crippen LogP contribution in [0.3, 0.4) is 0 Å². The van der Waals surface area contributed by atoms with Crippen molar-refractivity contribution in [3.63, 3.8) is 0 Å². The molecule has 1 rings (SSSR count). The molecule has 0 aliphatic heterocycles. The van der Waals surface area contributed by atoms with Crippen LogP contribution in [0.5, 0.6) is 5.75 Å². The smallest absolute Gasteiger partial charge is 0.306 e. The summed E-state index contributed by atoms with van der Waals surface area (Å²) >= 11 is 0. The normalized spacial score (nSPS) is 10.9. The average molecular weight is 242 g/mol. The third kappa shape index (κ3) is 3.94. The van der Waals surface area contributed by atoms with Gasteiger partial charge in [0.25, 0.3) is 0 Å². The molecule has 0 spiro atoms. The first-order valence-electron chi connectivity index (χ1n) is 4.74. The van der Waals surface area contributed by atoms with Crippen molar-refractivity contribution >= 4 is 15.9 Å². The molecule has 0 aliphatic carbocycles. The van der Waals surface area contributed by atoms with Crippen LogP contribution < -0.4 is 4.74 Å². The molecule has 0 amide bonds. The van der Waals surface area contributed by atoms with Crippen LogP contribution in [-0.4, -0.2) is 21.3 Å². The highest BCUT2D eigenvalue weighted by atomic mass is 32.2. The first kappa shape index (κ1) is 12.6. The summed E-state index contributed by atoms with van der Waals surface area (Å²) in [6, 6.07) is 6.85. The summed E-state index contributed by atoms with van der Waals surface area (Å²) in [4.78, 5) is 0. The van der Waals surface area contributed by atoms with E-state index >= 15 is 0 Å². The zero-order valence-electron chi connectivity index (χ0n) is 9.26. The third-order valence-corrected chi connectivity index (χ3v) is 2.24. The van der Waals surface area contributed by atoms with Gasteiger partial charge in [-0.05, 0) is 31.2 Å². The SMILES string of the molecule is C=C(OS(C)(=O)=O)c1ccc(OCC)cc1. The summed E-state index contributed by atoms with van der Waals surface area (Å²) in [5, 5.41) is 0. The van der Waals surface area contributed by atoms with E-state index in [2.05, 4.69) is 10.8 Å². The summed E-state index contributed by atoms with van der Waals surface area (Å²) in [7, 11) is -3.52. The maximum Gasteiger partial charge on any atom is 0.306 e. The molecule has 16 heavy (non-hydrogen) atoms. The minimum atomic E-state index is -3.52. The van der Waals surface area contributed by atoms with Crippen molar-refractivity contribution in [1.29, 1.82) is 0 Å². The van der Waals surface area contributed by atoms with E-state index in [0.29, 0.717) is 12.2 Å². The van der Waals surface area contributed by atoms with Gasteiger partial charge in [-0.15, -0.1) is 0 Å². The van der Waals surface area contributed by atoms with E-state index in [1.165, 1.54) is 0 Å². The molecule has 5 heteroatoms. The molecule has 4 nitrogen and oxygen atoms in total. The molecule has 0 radical (unpaired) electrons. The van der Waals surface area contributed by atoms with Gasteiger partial charge in [-0.2, -0.15) is 8.42 Å². The third-order valence-electron chi connectivity index (χ3n) is 1.74. The van der Waals surface area contributed by atoms with Gasteiger partial charge in [0.05, 0.1) is 12.9 Å². The standard InChI is InChI=1S/C11H14O4S/c1-4-14-11-7-5-10(6-8-11)9(2)15-16(3,12)13/h5-8H,2,4H2,1,3H3. The Bertz CT molecular complexity index is 459. The Kier molecular flexibility index (Phi) is 3.95. The predicted molar refractivity (Wildman–Crippen MR) is 62.6 cm³/mol. The Morgan fingerprint density at radius 1 is 1.31 bits per heavy atom. The highest BCUT2D eigenvalue weighted by Gasteiger charge is 2.07. The molecule has 0 fully saturated rings. The Hall–Kier alpha value is -1.49. The maximum absolute atomic E-state index is 10.9. The summed E-state index contributed by atoms with van der Waals surface area (Å²) in [5.74, 6) is 0.823. The van der Waals surface area contributed by atoms with Crippen LogP contribution in [0, 0.1) is 0 Å². The summed E-state index contributed by atoms with van der Waals surface area (Å²) in [6.45, 7) is 6.02. The number of benzene rings is 1. The topological polar surface area (TPSA) is 52.6 Å². The molecule has 0 atom stereocenters. The van der Waals surface area contributed by atoms with E-state index in [0.717, 1.165) is 12.0 Å². The van der Waals surface area contributed by atoms with Gasteiger partial charge >= 0.3 is 10.1 Å². The highest BCUT2D eigenvalue weighted by Crippen LogP contribution is 2.19. The van der Waals surface area contributed by atoms with Crippen molar-refractivity contribution in [1.82, 2.24) is 0 Å². The van der Waals surface area contributed by atoms with Gasteiger partial charge in [0.2, 0.25) is 0 Å². The molecule has 0 bridgehead atoms. The molecule has 1 aromatic rings. The lowest BCUT2D eigenvalue weighted by Crippen LogP contribution is -2.01. The van der Waals surface area contributed by atoms with Gasteiger partial charge in [0.1, 0.15) is 11.5 Å². The molecule has 0 aromatic heterocycles. The summed E-state index contributed by atoms with van der Waals surface area (Å²) < 4.78 is 31.7. The molecular weight excluding hydrogens is 228 g/mol. The van der Waals surface area contributed by atoms with Crippen LogP contribution in [-0.2, 0) is 14.3 Å². The van der Waals surface area contributed by atoms with Crippen molar-refractivity contribution in [2.75, 3.05) is 12.9 Å². The number of hydrogen-bond acceptors (Lipinski definition) is 4. The van der Waals surface area contributed by atoms with Crippen LogP contribution in [0.25, 0.3) is 5.76 Å². The van der Waals surface area contributed by atoms with Gasteiger partial charge in [-0.25, -0.2) is 0 Å². The van der Waals surface area contributed by atoms with Gasteiger partial charge < -0.3 is 8.92 Å². The van der Waals surface area contributed by atoms with Crippen LogP contribution in [0.4, 0.5) is 0 Å². The molecule has 0 unspecified atom stereocenters. The lowest BCUT2D eigenvalue weighted by molar-refractivity contribution is 0.340. The second kappa shape index (κ2) is 5.03. The quantitative estimate of drug-likeness (QED) is 0.585. The molecule has 0 N–H and O–H groups in total. The minimum absolute atomic E-state index is 0.102. The maximum atomic E-state index is 10.9. The minimum Gasteiger partial charge on any atom is -0.494 e. The highest BCUT2D eigenvalue weighted by molar-refractivity contribution is 7.86. The molecule has 0 heterocycles. The summed E-state index contributed by atoms with van der Waals surface area (Å²) in [6.07, 6.45) is 0.979. The van der Waals surface area contributed by atoms with E-state index in [4.69, 9.17) is 4.74 Å². The Balaban J connectivity index is 2.78. The lowest BCUT2D eigenvalue weighted by Gasteiger charge is -2.07. The second-order valence-electron chi connectivity index (χ2n) is 3.17. The van der Waals surface area contributed by atoms with Crippen LogP contribution in [0.15, 0.2) is 30.8 Å². The molecule has 88 valence electrons. The second-order valence-corrected chi connectivity index (χ2v) is 4.74. The fourth-order valence-electron chi connectivity index (χ4n) is 1.13. The van der Waals surface area contributed by atoms with Crippen LogP contribution in [0.2, 0.25) is 0 Å². The monoisotopic (exact) mass is 242 g/mol. The van der Waals surface area contributed by atoms with Crippen molar-refractivity contribution in [3.8, 4) is 5.75 Å². The van der Waals surface area contributed by atoms with Crippen molar-refractivity contribution in [2.45, 2.75) is 6.92 Å². The lowest BCUT2D eigenvalue weighted by atomic mass is 10.2. The summed E-state index contributed by atoms with van der Waals surface area (Å²) in [5.41, 5.74) is 0.605. The largest absolute Gasteiger partial charge is 0.494 e. The predicted octanol–water partition coefficient (Wildman–Crippen LogP) is 2.03. The first-order valence-corrected chi connectivity index (χ1v) is 6.55. The molecule has 1 aromatic carbocycles. The average Bonchev–Trinajstić information content (AvgIpc) is 2.16. The number of rotatable bonds is 5. The number of hydrogen-bond donors (Lipinski definition) is 0. The zero-order valence-corrected chi connectivity index (χ0v) is 10.1. The fourth-order valence-corrected chi connectivity index (χ4v) is 1.60. The Labute approximate surface area is 95.6 Å². The molecule has 0 saturated heterocycles. The Morgan fingerprint density at radius 3 is 2.31 bits per heavy atom. The molecule has 0 aliphatic rings. The van der Waals surface area contributed by atoms with E-state index < -0.39 is 10.1 Å². The van der Waals surface area contributed by atoms with Gasteiger partial charge in [-0.3, -0.25) is 0 Å². The Morgan fingerprint density at radius 2 is 1.88 bits per heavy atom. The fraction of sp³-hybridized carbons (Fsp3) is 0.273. The van der Waals surface area contributed by atoms with E-state index in [-0.39, 0.29) is 5.76 Å². The van der Waals surface area contributed by atoms with Crippen LogP contribution in [0.1, 0.15) is 12.5 Å². The first-order chi connectivity index (χ1) is 7.42. The molecule has 0 saturated carbocycles. The van der Waals surface area contributed by atoms with E-state index in [9.17, 15) is 8.42 Å². The van der Waals surface area contributed by atoms with Crippen molar-refractivity contribution in [2.24, 2.45) is 0 Å². The zero-order chi connectivity index (χ0) is 12.2. The number of ether oxygens (including phenoxy) is 1. The van der Waals surface area contributed by atoms with Crippen molar-refractivity contribution < 1.29 is 17.3 Å². The molecular formula is C11H14O4S. The van der Waals surface area contributed by atoms with Gasteiger partial charge in [0, 0.05) is 5.56 Å². The van der Waals surface area contributed by atoms with Crippen molar-refractivity contribution in [3.05, 3.63) is 36.4 Å².